The summed E-state index contributed by atoms with van der Waals surface area (Å²) in [6.07, 6.45) is 5.67. The topological polar surface area (TPSA) is 50.2 Å². The summed E-state index contributed by atoms with van der Waals surface area (Å²) >= 11 is 0. The van der Waals surface area contributed by atoms with Crippen molar-refractivity contribution in [3.63, 3.8) is 0 Å². The number of amides is 2. The fraction of sp³-hybridized carbons (Fsp3) is 0.692. The zero-order valence-corrected chi connectivity index (χ0v) is 11.4. The fourth-order valence-corrected chi connectivity index (χ4v) is 2.35. The highest BCUT2D eigenvalue weighted by Crippen LogP contribution is 2.23. The van der Waals surface area contributed by atoms with Crippen LogP contribution in [0.2, 0.25) is 0 Å². The maximum absolute atomic E-state index is 11.9. The third-order valence-electron chi connectivity index (χ3n) is 3.51. The first-order valence-corrected chi connectivity index (χ1v) is 6.59. The minimum absolute atomic E-state index is 0.0656. The number of hydrogen-bond donors (Lipinski definition) is 1. The van der Waals surface area contributed by atoms with Gasteiger partial charge in [0.1, 0.15) is 0 Å². The SMILES string of the molecule is CC(C)C1CCN1C(=O)NCCc1cn(C)cn1. The summed E-state index contributed by atoms with van der Waals surface area (Å²) in [6, 6.07) is 0.482. The molecule has 1 N–H and O–H groups in total. The van der Waals surface area contributed by atoms with Crippen molar-refractivity contribution in [3.05, 3.63) is 18.2 Å². The molecule has 1 atom stereocenters. The predicted octanol–water partition coefficient (Wildman–Crippen LogP) is 1.40. The van der Waals surface area contributed by atoms with Gasteiger partial charge >= 0.3 is 6.03 Å². The van der Waals surface area contributed by atoms with E-state index in [0.29, 0.717) is 18.5 Å². The van der Waals surface area contributed by atoms with Crippen molar-refractivity contribution in [2.45, 2.75) is 32.7 Å². The van der Waals surface area contributed by atoms with Gasteiger partial charge in [0.05, 0.1) is 12.0 Å². The van der Waals surface area contributed by atoms with Crippen LogP contribution in [0.3, 0.4) is 0 Å². The summed E-state index contributed by atoms with van der Waals surface area (Å²) in [5, 5.41) is 2.96. The molecule has 1 fully saturated rings. The lowest BCUT2D eigenvalue weighted by molar-refractivity contribution is 0.0864. The molecular formula is C13H22N4O. The van der Waals surface area contributed by atoms with Crippen molar-refractivity contribution in [3.8, 4) is 0 Å². The van der Waals surface area contributed by atoms with Gasteiger partial charge in [-0.1, -0.05) is 13.8 Å². The Bertz CT molecular complexity index is 413. The number of likely N-dealkylation sites (tertiary alicyclic amines) is 1. The average Bonchev–Trinajstić information content (AvgIpc) is 2.61. The maximum atomic E-state index is 11.9. The number of hydrogen-bond acceptors (Lipinski definition) is 2. The van der Waals surface area contributed by atoms with Crippen molar-refractivity contribution in [2.24, 2.45) is 13.0 Å². The molecule has 5 nitrogen and oxygen atoms in total. The Kier molecular flexibility index (Phi) is 3.89. The van der Waals surface area contributed by atoms with Crippen LogP contribution in [-0.4, -0.2) is 39.6 Å². The summed E-state index contributed by atoms with van der Waals surface area (Å²) in [4.78, 5) is 18.1. The minimum atomic E-state index is 0.0656. The second-order valence-corrected chi connectivity index (χ2v) is 5.31. The predicted molar refractivity (Wildman–Crippen MR) is 70.3 cm³/mol. The molecule has 1 aromatic heterocycles. The Morgan fingerprint density at radius 2 is 2.39 bits per heavy atom. The zero-order valence-electron chi connectivity index (χ0n) is 11.4. The summed E-state index contributed by atoms with van der Waals surface area (Å²) in [6.45, 7) is 5.87. The molecule has 0 radical (unpaired) electrons. The van der Waals surface area contributed by atoms with Crippen LogP contribution in [0.4, 0.5) is 4.79 Å². The summed E-state index contributed by atoms with van der Waals surface area (Å²) in [5.41, 5.74) is 1.02. The van der Waals surface area contributed by atoms with E-state index in [1.165, 1.54) is 0 Å². The van der Waals surface area contributed by atoms with Crippen molar-refractivity contribution in [1.82, 2.24) is 19.8 Å². The molecule has 0 aliphatic carbocycles. The largest absolute Gasteiger partial charge is 0.340 e. The lowest BCUT2D eigenvalue weighted by Gasteiger charge is -2.43. The molecule has 1 unspecified atom stereocenters. The highest BCUT2D eigenvalue weighted by atomic mass is 16.2. The molecule has 1 aliphatic rings. The van der Waals surface area contributed by atoms with Crippen LogP contribution in [0, 0.1) is 5.92 Å². The second-order valence-electron chi connectivity index (χ2n) is 5.31. The van der Waals surface area contributed by atoms with E-state index >= 15 is 0 Å². The number of carbonyl (C=O) groups excluding carboxylic acids is 1. The molecule has 18 heavy (non-hydrogen) atoms. The van der Waals surface area contributed by atoms with Gasteiger partial charge in [-0.05, 0) is 12.3 Å². The monoisotopic (exact) mass is 250 g/mol. The van der Waals surface area contributed by atoms with Gasteiger partial charge in [-0.25, -0.2) is 9.78 Å². The van der Waals surface area contributed by atoms with Crippen molar-refractivity contribution in [2.75, 3.05) is 13.1 Å². The molecule has 0 spiro atoms. The Morgan fingerprint density at radius 3 is 2.89 bits per heavy atom. The number of urea groups is 1. The normalized spacial score (nSPS) is 18.9. The van der Waals surface area contributed by atoms with Crippen LogP contribution in [0.1, 0.15) is 26.0 Å². The highest BCUT2D eigenvalue weighted by molar-refractivity contribution is 5.75. The molecule has 5 heteroatoms. The molecule has 0 bridgehead atoms. The van der Waals surface area contributed by atoms with Gasteiger partial charge in [-0.3, -0.25) is 0 Å². The maximum Gasteiger partial charge on any atom is 0.317 e. The number of imidazole rings is 1. The first kappa shape index (κ1) is 12.9. The molecule has 2 heterocycles. The fourth-order valence-electron chi connectivity index (χ4n) is 2.35. The Balaban J connectivity index is 1.72. The van der Waals surface area contributed by atoms with Gasteiger partial charge in [-0.15, -0.1) is 0 Å². The standard InChI is InChI=1S/C13H22N4O/c1-10(2)12-5-7-17(12)13(18)14-6-4-11-8-16(3)9-15-11/h8-10,12H,4-7H2,1-3H3,(H,14,18). The molecule has 1 aliphatic heterocycles. The number of nitrogens with one attached hydrogen (secondary N) is 1. The van der Waals surface area contributed by atoms with Crippen molar-refractivity contribution < 1.29 is 4.79 Å². The number of nitrogens with zero attached hydrogens (tertiary/aromatic N) is 3. The van der Waals surface area contributed by atoms with E-state index in [0.717, 1.165) is 25.1 Å². The number of carbonyl (C=O) groups is 1. The van der Waals surface area contributed by atoms with E-state index in [1.807, 2.05) is 22.7 Å². The molecule has 100 valence electrons. The zero-order chi connectivity index (χ0) is 13.1. The van der Waals surface area contributed by atoms with Crippen molar-refractivity contribution in [1.29, 1.82) is 0 Å². The highest BCUT2D eigenvalue weighted by Gasteiger charge is 2.33. The summed E-state index contributed by atoms with van der Waals surface area (Å²) in [5.74, 6) is 0.542. The second kappa shape index (κ2) is 5.42. The minimum Gasteiger partial charge on any atom is -0.340 e. The van der Waals surface area contributed by atoms with E-state index in [1.54, 1.807) is 6.33 Å². The summed E-state index contributed by atoms with van der Waals surface area (Å²) < 4.78 is 1.92. The number of aryl methyl sites for hydroxylation is 1. The van der Waals surface area contributed by atoms with Crippen LogP contribution in [0.15, 0.2) is 12.5 Å². The van der Waals surface area contributed by atoms with E-state index in [-0.39, 0.29) is 6.03 Å². The Morgan fingerprint density at radius 1 is 1.61 bits per heavy atom. The van der Waals surface area contributed by atoms with Gasteiger partial charge in [0.25, 0.3) is 0 Å². The van der Waals surface area contributed by atoms with Crippen LogP contribution in [0.5, 0.6) is 0 Å². The van der Waals surface area contributed by atoms with Crippen LogP contribution in [-0.2, 0) is 13.5 Å². The van der Waals surface area contributed by atoms with E-state index < -0.39 is 0 Å². The smallest absolute Gasteiger partial charge is 0.317 e. The van der Waals surface area contributed by atoms with Crippen molar-refractivity contribution >= 4 is 6.03 Å². The Hall–Kier alpha value is -1.52. The molecular weight excluding hydrogens is 228 g/mol. The number of rotatable bonds is 4. The van der Waals surface area contributed by atoms with Crippen LogP contribution in [0.25, 0.3) is 0 Å². The first-order valence-electron chi connectivity index (χ1n) is 6.59. The van der Waals surface area contributed by atoms with E-state index in [2.05, 4.69) is 24.1 Å². The molecule has 2 rings (SSSR count). The van der Waals surface area contributed by atoms with Gasteiger partial charge in [0.2, 0.25) is 0 Å². The summed E-state index contributed by atoms with van der Waals surface area (Å²) in [7, 11) is 1.95. The average molecular weight is 250 g/mol. The lowest BCUT2D eigenvalue weighted by atomic mass is 9.92. The Labute approximate surface area is 108 Å². The van der Waals surface area contributed by atoms with Gasteiger partial charge in [0, 0.05) is 38.8 Å². The quantitative estimate of drug-likeness (QED) is 0.878. The third-order valence-corrected chi connectivity index (χ3v) is 3.51. The van der Waals surface area contributed by atoms with Gasteiger partial charge in [0.15, 0.2) is 0 Å². The van der Waals surface area contributed by atoms with Crippen LogP contribution >= 0.6 is 0 Å². The molecule has 2 amide bonds. The molecule has 1 aromatic rings. The van der Waals surface area contributed by atoms with E-state index in [9.17, 15) is 4.79 Å². The van der Waals surface area contributed by atoms with Gasteiger partial charge < -0.3 is 14.8 Å². The third kappa shape index (κ3) is 2.83. The molecule has 0 saturated carbocycles. The molecule has 1 saturated heterocycles. The number of aromatic nitrogens is 2. The first-order chi connectivity index (χ1) is 8.58. The van der Waals surface area contributed by atoms with Gasteiger partial charge in [-0.2, -0.15) is 0 Å². The lowest BCUT2D eigenvalue weighted by Crippen LogP contribution is -2.57. The van der Waals surface area contributed by atoms with Crippen LogP contribution < -0.4 is 5.32 Å². The van der Waals surface area contributed by atoms with E-state index in [4.69, 9.17) is 0 Å². The molecule has 0 aromatic carbocycles.